The fraction of sp³-hybridized carbons (Fsp3) is 0.562. The number of nitrogens with two attached hydrogens (primary N) is 1. The van der Waals surface area contributed by atoms with Gasteiger partial charge in [-0.1, -0.05) is 44.2 Å². The highest BCUT2D eigenvalue weighted by Crippen LogP contribution is 2.06. The third-order valence-electron chi connectivity index (χ3n) is 3.12. The van der Waals surface area contributed by atoms with Gasteiger partial charge in [0, 0.05) is 19.0 Å². The topological polar surface area (TPSA) is 55.1 Å². The number of hydrogen-bond donors (Lipinski definition) is 2. The van der Waals surface area contributed by atoms with E-state index in [0.29, 0.717) is 18.9 Å². The Labute approximate surface area is 116 Å². The van der Waals surface area contributed by atoms with Gasteiger partial charge in [-0.3, -0.25) is 4.79 Å². The van der Waals surface area contributed by atoms with Crippen molar-refractivity contribution in [3.05, 3.63) is 35.9 Å². The van der Waals surface area contributed by atoms with Crippen molar-refractivity contribution in [2.45, 2.75) is 45.6 Å². The fourth-order valence-corrected chi connectivity index (χ4v) is 2.18. The molecule has 3 N–H and O–H groups in total. The summed E-state index contributed by atoms with van der Waals surface area (Å²) in [7, 11) is 0. The van der Waals surface area contributed by atoms with Gasteiger partial charge in [0.2, 0.25) is 5.91 Å². The first kappa shape index (κ1) is 15.7. The van der Waals surface area contributed by atoms with Crippen molar-refractivity contribution in [3.63, 3.8) is 0 Å². The summed E-state index contributed by atoms with van der Waals surface area (Å²) in [5, 5.41) is 3.02. The van der Waals surface area contributed by atoms with E-state index in [-0.39, 0.29) is 11.9 Å². The predicted octanol–water partition coefficient (Wildman–Crippen LogP) is 2.50. The van der Waals surface area contributed by atoms with Crippen LogP contribution in [-0.4, -0.2) is 18.5 Å². The van der Waals surface area contributed by atoms with E-state index in [1.54, 1.807) is 0 Å². The average Bonchev–Trinajstić information content (AvgIpc) is 2.38. The number of aryl methyl sites for hydroxylation is 1. The molecule has 3 heteroatoms. The molecule has 3 nitrogen and oxygen atoms in total. The Hall–Kier alpha value is -1.35. The molecule has 1 amide bonds. The number of hydrogen-bond acceptors (Lipinski definition) is 2. The zero-order valence-electron chi connectivity index (χ0n) is 12.1. The van der Waals surface area contributed by atoms with Gasteiger partial charge in [-0.2, -0.15) is 0 Å². The second-order valence-corrected chi connectivity index (χ2v) is 5.47. The lowest BCUT2D eigenvalue weighted by atomic mass is 10.0. The maximum atomic E-state index is 11.8. The van der Waals surface area contributed by atoms with E-state index in [0.717, 1.165) is 19.3 Å². The Morgan fingerprint density at radius 1 is 1.26 bits per heavy atom. The molecule has 0 saturated carbocycles. The van der Waals surface area contributed by atoms with Gasteiger partial charge in [0.1, 0.15) is 0 Å². The summed E-state index contributed by atoms with van der Waals surface area (Å²) in [6, 6.07) is 10.4. The van der Waals surface area contributed by atoms with Gasteiger partial charge < -0.3 is 11.1 Å². The summed E-state index contributed by atoms with van der Waals surface area (Å²) in [5.74, 6) is 0.671. The summed E-state index contributed by atoms with van der Waals surface area (Å²) in [6.45, 7) is 4.80. The van der Waals surface area contributed by atoms with Gasteiger partial charge in [-0.25, -0.2) is 0 Å². The fourth-order valence-electron chi connectivity index (χ4n) is 2.18. The quantitative estimate of drug-likeness (QED) is 0.756. The predicted molar refractivity (Wildman–Crippen MR) is 79.8 cm³/mol. The lowest BCUT2D eigenvalue weighted by molar-refractivity contribution is -0.121. The number of carbonyl (C=O) groups excluding carboxylic acids is 1. The van der Waals surface area contributed by atoms with Crippen LogP contribution in [0.3, 0.4) is 0 Å². The Balaban J connectivity index is 2.23. The van der Waals surface area contributed by atoms with Crippen LogP contribution in [0, 0.1) is 5.92 Å². The molecule has 1 aromatic rings. The van der Waals surface area contributed by atoms with Crippen molar-refractivity contribution >= 4 is 5.91 Å². The number of nitrogens with one attached hydrogen (secondary N) is 1. The number of benzene rings is 1. The minimum absolute atomic E-state index is 0.115. The van der Waals surface area contributed by atoms with Crippen molar-refractivity contribution in [1.29, 1.82) is 0 Å². The molecule has 0 aromatic heterocycles. The van der Waals surface area contributed by atoms with Gasteiger partial charge in [0.15, 0.2) is 0 Å². The first-order valence-corrected chi connectivity index (χ1v) is 7.15. The zero-order chi connectivity index (χ0) is 14.1. The SMILES string of the molecule is CC(C)CC(CN)NC(=O)CCCc1ccccc1. The van der Waals surface area contributed by atoms with Gasteiger partial charge in [-0.05, 0) is 30.7 Å². The van der Waals surface area contributed by atoms with Crippen molar-refractivity contribution in [1.82, 2.24) is 5.32 Å². The first-order chi connectivity index (χ1) is 9.11. The normalized spacial score (nSPS) is 12.4. The minimum atomic E-state index is 0.115. The van der Waals surface area contributed by atoms with E-state index in [1.807, 2.05) is 18.2 Å². The second-order valence-electron chi connectivity index (χ2n) is 5.47. The van der Waals surface area contributed by atoms with Gasteiger partial charge in [0.05, 0.1) is 0 Å². The van der Waals surface area contributed by atoms with Crippen LogP contribution in [0.4, 0.5) is 0 Å². The smallest absolute Gasteiger partial charge is 0.220 e. The van der Waals surface area contributed by atoms with E-state index in [9.17, 15) is 4.79 Å². The van der Waals surface area contributed by atoms with Crippen LogP contribution in [0.1, 0.15) is 38.7 Å². The third-order valence-corrected chi connectivity index (χ3v) is 3.12. The molecule has 1 aromatic carbocycles. The molecule has 0 aliphatic rings. The summed E-state index contributed by atoms with van der Waals surface area (Å²) >= 11 is 0. The molecule has 0 spiro atoms. The molecule has 0 aliphatic carbocycles. The summed E-state index contributed by atoms with van der Waals surface area (Å²) < 4.78 is 0. The van der Waals surface area contributed by atoms with Crippen LogP contribution in [0.15, 0.2) is 30.3 Å². The monoisotopic (exact) mass is 262 g/mol. The van der Waals surface area contributed by atoms with E-state index < -0.39 is 0 Å². The highest BCUT2D eigenvalue weighted by atomic mass is 16.1. The lowest BCUT2D eigenvalue weighted by Crippen LogP contribution is -2.40. The maximum Gasteiger partial charge on any atom is 0.220 e. The Morgan fingerprint density at radius 3 is 2.53 bits per heavy atom. The van der Waals surface area contributed by atoms with E-state index in [4.69, 9.17) is 5.73 Å². The second kappa shape index (κ2) is 8.70. The van der Waals surface area contributed by atoms with Crippen molar-refractivity contribution in [3.8, 4) is 0 Å². The minimum Gasteiger partial charge on any atom is -0.352 e. The van der Waals surface area contributed by atoms with Crippen LogP contribution in [0.5, 0.6) is 0 Å². The standard InChI is InChI=1S/C16H26N2O/c1-13(2)11-15(12-17)18-16(19)10-6-9-14-7-4-3-5-8-14/h3-5,7-8,13,15H,6,9-12,17H2,1-2H3,(H,18,19). The van der Waals surface area contributed by atoms with Crippen molar-refractivity contribution < 1.29 is 4.79 Å². The Bertz CT molecular complexity index is 362. The molecule has 0 fully saturated rings. The summed E-state index contributed by atoms with van der Waals surface area (Å²) in [6.07, 6.45) is 3.35. The number of rotatable bonds is 8. The molecule has 106 valence electrons. The molecular weight excluding hydrogens is 236 g/mol. The maximum absolute atomic E-state index is 11.8. The molecule has 19 heavy (non-hydrogen) atoms. The highest BCUT2D eigenvalue weighted by Gasteiger charge is 2.11. The molecule has 0 saturated heterocycles. The Kier molecular flexibility index (Phi) is 7.19. The van der Waals surface area contributed by atoms with Crippen molar-refractivity contribution in [2.24, 2.45) is 11.7 Å². The average molecular weight is 262 g/mol. The van der Waals surface area contributed by atoms with Gasteiger partial charge >= 0.3 is 0 Å². The van der Waals surface area contributed by atoms with Crippen LogP contribution in [-0.2, 0) is 11.2 Å². The molecule has 1 rings (SSSR count). The van der Waals surface area contributed by atoms with E-state index >= 15 is 0 Å². The van der Waals surface area contributed by atoms with Crippen molar-refractivity contribution in [2.75, 3.05) is 6.54 Å². The van der Waals surface area contributed by atoms with E-state index in [1.165, 1.54) is 5.56 Å². The Morgan fingerprint density at radius 2 is 1.95 bits per heavy atom. The molecular formula is C16H26N2O. The van der Waals surface area contributed by atoms with Crippen LogP contribution >= 0.6 is 0 Å². The van der Waals surface area contributed by atoms with Crippen LogP contribution in [0.25, 0.3) is 0 Å². The molecule has 0 bridgehead atoms. The van der Waals surface area contributed by atoms with Crippen LogP contribution in [0.2, 0.25) is 0 Å². The van der Waals surface area contributed by atoms with Crippen LogP contribution < -0.4 is 11.1 Å². The molecule has 0 aliphatic heterocycles. The first-order valence-electron chi connectivity index (χ1n) is 7.15. The molecule has 0 heterocycles. The molecule has 0 radical (unpaired) electrons. The molecule has 1 atom stereocenters. The van der Waals surface area contributed by atoms with E-state index in [2.05, 4.69) is 31.3 Å². The summed E-state index contributed by atoms with van der Waals surface area (Å²) in [4.78, 5) is 11.8. The number of amides is 1. The zero-order valence-corrected chi connectivity index (χ0v) is 12.1. The van der Waals surface area contributed by atoms with Gasteiger partial charge in [-0.15, -0.1) is 0 Å². The molecule has 1 unspecified atom stereocenters. The lowest BCUT2D eigenvalue weighted by Gasteiger charge is -2.18. The van der Waals surface area contributed by atoms with Gasteiger partial charge in [0.25, 0.3) is 0 Å². The summed E-state index contributed by atoms with van der Waals surface area (Å²) in [5.41, 5.74) is 6.96. The third kappa shape index (κ3) is 6.97. The highest BCUT2D eigenvalue weighted by molar-refractivity contribution is 5.76. The largest absolute Gasteiger partial charge is 0.352 e. The number of carbonyl (C=O) groups is 1.